The van der Waals surface area contributed by atoms with Gasteiger partial charge in [0.2, 0.25) is 0 Å². The molecule has 0 aliphatic carbocycles. The SMILES string of the molecule is Cc1nccn1CC1CCCN1C(=O)c1ccc(C(C)C)cc1O. The first-order valence-electron chi connectivity index (χ1n) is 8.59. The van der Waals surface area contributed by atoms with Crippen molar-refractivity contribution in [3.8, 4) is 5.75 Å². The van der Waals surface area contributed by atoms with E-state index >= 15 is 0 Å². The average Bonchev–Trinajstić information content (AvgIpc) is 3.16. The predicted molar refractivity (Wildman–Crippen MR) is 93.2 cm³/mol. The summed E-state index contributed by atoms with van der Waals surface area (Å²) < 4.78 is 2.08. The van der Waals surface area contributed by atoms with Gasteiger partial charge in [0.15, 0.2) is 0 Å². The normalized spacial score (nSPS) is 17.7. The molecule has 1 fully saturated rings. The molecule has 5 heteroatoms. The van der Waals surface area contributed by atoms with Crippen LogP contribution in [0.3, 0.4) is 0 Å². The average molecular weight is 327 g/mol. The topological polar surface area (TPSA) is 58.4 Å². The number of aromatic hydroxyl groups is 1. The van der Waals surface area contributed by atoms with Crippen LogP contribution in [0.25, 0.3) is 0 Å². The number of aryl methyl sites for hydroxylation is 1. The maximum Gasteiger partial charge on any atom is 0.257 e. The molecule has 3 rings (SSSR count). The number of imidazole rings is 1. The minimum absolute atomic E-state index is 0.0793. The highest BCUT2D eigenvalue weighted by Crippen LogP contribution is 2.28. The predicted octanol–water partition coefficient (Wildman–Crippen LogP) is 3.33. The summed E-state index contributed by atoms with van der Waals surface area (Å²) in [6.07, 6.45) is 5.71. The Morgan fingerprint density at radius 2 is 2.21 bits per heavy atom. The summed E-state index contributed by atoms with van der Waals surface area (Å²) in [4.78, 5) is 19.1. The summed E-state index contributed by atoms with van der Waals surface area (Å²) in [7, 11) is 0. The van der Waals surface area contributed by atoms with Gasteiger partial charge in [-0.15, -0.1) is 0 Å². The van der Waals surface area contributed by atoms with E-state index in [1.807, 2.05) is 24.1 Å². The Kier molecular flexibility index (Phi) is 4.60. The van der Waals surface area contributed by atoms with Crippen LogP contribution in [0.15, 0.2) is 30.6 Å². The molecule has 0 saturated carbocycles. The zero-order valence-electron chi connectivity index (χ0n) is 14.6. The van der Waals surface area contributed by atoms with Gasteiger partial charge in [0.05, 0.1) is 11.6 Å². The third-order valence-electron chi connectivity index (χ3n) is 4.89. The Morgan fingerprint density at radius 3 is 2.83 bits per heavy atom. The molecule has 1 amide bonds. The summed E-state index contributed by atoms with van der Waals surface area (Å²) in [5, 5.41) is 10.3. The van der Waals surface area contributed by atoms with Crippen molar-refractivity contribution in [3.63, 3.8) is 0 Å². The van der Waals surface area contributed by atoms with Crippen LogP contribution >= 0.6 is 0 Å². The molecule has 1 N–H and O–H groups in total. The number of aromatic nitrogens is 2. The van der Waals surface area contributed by atoms with Gasteiger partial charge in [0, 0.05) is 25.5 Å². The number of phenolic OH excluding ortho intramolecular Hbond substituents is 1. The van der Waals surface area contributed by atoms with Gasteiger partial charge < -0.3 is 14.6 Å². The number of phenols is 1. The molecular weight excluding hydrogens is 302 g/mol. The van der Waals surface area contributed by atoms with Gasteiger partial charge in [-0.2, -0.15) is 0 Å². The fourth-order valence-corrected chi connectivity index (χ4v) is 3.36. The minimum Gasteiger partial charge on any atom is -0.507 e. The second-order valence-corrected chi connectivity index (χ2v) is 6.85. The van der Waals surface area contributed by atoms with Crippen LogP contribution in [0.2, 0.25) is 0 Å². The Bertz CT molecular complexity index is 736. The smallest absolute Gasteiger partial charge is 0.257 e. The maximum absolute atomic E-state index is 12.9. The summed E-state index contributed by atoms with van der Waals surface area (Å²) >= 11 is 0. The van der Waals surface area contributed by atoms with E-state index in [9.17, 15) is 9.90 Å². The number of benzene rings is 1. The Morgan fingerprint density at radius 1 is 1.42 bits per heavy atom. The van der Waals surface area contributed by atoms with Gasteiger partial charge in [0.25, 0.3) is 5.91 Å². The fraction of sp³-hybridized carbons (Fsp3) is 0.474. The zero-order chi connectivity index (χ0) is 17.3. The number of amides is 1. The molecule has 24 heavy (non-hydrogen) atoms. The van der Waals surface area contributed by atoms with Gasteiger partial charge in [-0.1, -0.05) is 19.9 Å². The number of hydrogen-bond acceptors (Lipinski definition) is 3. The number of carbonyl (C=O) groups excluding carboxylic acids is 1. The van der Waals surface area contributed by atoms with Crippen molar-refractivity contribution in [2.75, 3.05) is 6.54 Å². The lowest BCUT2D eigenvalue weighted by Crippen LogP contribution is -2.38. The Hall–Kier alpha value is -2.30. The van der Waals surface area contributed by atoms with E-state index in [4.69, 9.17) is 0 Å². The molecule has 1 aromatic carbocycles. The third kappa shape index (κ3) is 3.16. The van der Waals surface area contributed by atoms with E-state index in [2.05, 4.69) is 23.4 Å². The Balaban J connectivity index is 1.79. The number of nitrogens with zero attached hydrogens (tertiary/aromatic N) is 3. The van der Waals surface area contributed by atoms with Crippen molar-refractivity contribution in [1.82, 2.24) is 14.5 Å². The van der Waals surface area contributed by atoms with Crippen molar-refractivity contribution in [2.24, 2.45) is 0 Å². The lowest BCUT2D eigenvalue weighted by Gasteiger charge is -2.26. The van der Waals surface area contributed by atoms with Gasteiger partial charge in [-0.3, -0.25) is 4.79 Å². The first-order valence-corrected chi connectivity index (χ1v) is 8.59. The molecule has 1 unspecified atom stereocenters. The van der Waals surface area contributed by atoms with Crippen LogP contribution in [0.1, 0.15) is 54.4 Å². The van der Waals surface area contributed by atoms with Crippen LogP contribution in [0.4, 0.5) is 0 Å². The van der Waals surface area contributed by atoms with Crippen molar-refractivity contribution in [1.29, 1.82) is 0 Å². The van der Waals surface area contributed by atoms with E-state index in [0.717, 1.165) is 37.3 Å². The van der Waals surface area contributed by atoms with Crippen LogP contribution in [0.5, 0.6) is 5.75 Å². The molecule has 2 aromatic rings. The second kappa shape index (κ2) is 6.67. The van der Waals surface area contributed by atoms with Crippen molar-refractivity contribution in [2.45, 2.75) is 52.1 Å². The molecular formula is C19H25N3O2. The third-order valence-corrected chi connectivity index (χ3v) is 4.89. The summed E-state index contributed by atoms with van der Waals surface area (Å²) in [5.41, 5.74) is 1.43. The summed E-state index contributed by atoms with van der Waals surface area (Å²) in [6, 6.07) is 5.55. The molecule has 128 valence electrons. The van der Waals surface area contributed by atoms with Gasteiger partial charge in [-0.25, -0.2) is 4.98 Å². The van der Waals surface area contributed by atoms with Crippen molar-refractivity contribution >= 4 is 5.91 Å². The second-order valence-electron chi connectivity index (χ2n) is 6.85. The van der Waals surface area contributed by atoms with Gasteiger partial charge in [-0.05, 0) is 43.4 Å². The quantitative estimate of drug-likeness (QED) is 0.937. The lowest BCUT2D eigenvalue weighted by molar-refractivity contribution is 0.0720. The van der Waals surface area contributed by atoms with Crippen LogP contribution in [-0.2, 0) is 6.54 Å². The molecule has 0 spiro atoms. The van der Waals surface area contributed by atoms with E-state index in [1.165, 1.54) is 0 Å². The van der Waals surface area contributed by atoms with Crippen LogP contribution in [-0.4, -0.2) is 38.1 Å². The van der Waals surface area contributed by atoms with Crippen molar-refractivity contribution in [3.05, 3.63) is 47.5 Å². The van der Waals surface area contributed by atoms with Gasteiger partial charge >= 0.3 is 0 Å². The monoisotopic (exact) mass is 327 g/mol. The molecule has 2 heterocycles. The number of rotatable bonds is 4. The van der Waals surface area contributed by atoms with E-state index in [0.29, 0.717) is 11.5 Å². The van der Waals surface area contributed by atoms with Crippen LogP contribution in [0, 0.1) is 6.92 Å². The fourth-order valence-electron chi connectivity index (χ4n) is 3.36. The minimum atomic E-state index is -0.0805. The summed E-state index contributed by atoms with van der Waals surface area (Å²) in [5.74, 6) is 1.28. The molecule has 0 radical (unpaired) electrons. The molecule has 1 aliphatic rings. The van der Waals surface area contributed by atoms with Gasteiger partial charge in [0.1, 0.15) is 11.6 Å². The van der Waals surface area contributed by atoms with E-state index < -0.39 is 0 Å². The molecule has 1 aliphatic heterocycles. The molecule has 1 saturated heterocycles. The molecule has 0 bridgehead atoms. The number of carbonyl (C=O) groups is 1. The highest BCUT2D eigenvalue weighted by atomic mass is 16.3. The molecule has 1 aromatic heterocycles. The highest BCUT2D eigenvalue weighted by Gasteiger charge is 2.31. The zero-order valence-corrected chi connectivity index (χ0v) is 14.6. The summed E-state index contributed by atoms with van der Waals surface area (Å²) in [6.45, 7) is 7.60. The first kappa shape index (κ1) is 16.6. The van der Waals surface area contributed by atoms with Crippen LogP contribution < -0.4 is 0 Å². The standard InChI is InChI=1S/C19H25N3O2/c1-13(2)15-6-7-17(18(23)11-15)19(24)22-9-4-5-16(22)12-21-10-8-20-14(21)3/h6-8,10-11,13,16,23H,4-5,9,12H2,1-3H3. The largest absolute Gasteiger partial charge is 0.507 e. The van der Waals surface area contributed by atoms with Crippen molar-refractivity contribution < 1.29 is 9.90 Å². The highest BCUT2D eigenvalue weighted by molar-refractivity contribution is 5.97. The maximum atomic E-state index is 12.9. The number of hydrogen-bond donors (Lipinski definition) is 1. The van der Waals surface area contributed by atoms with E-state index in [-0.39, 0.29) is 17.7 Å². The Labute approximate surface area is 142 Å². The lowest BCUT2D eigenvalue weighted by atomic mass is 10.0. The van der Waals surface area contributed by atoms with E-state index in [1.54, 1.807) is 18.3 Å². The first-order chi connectivity index (χ1) is 11.5. The molecule has 5 nitrogen and oxygen atoms in total. The number of likely N-dealkylation sites (tertiary alicyclic amines) is 1. The molecule has 1 atom stereocenters.